The Morgan fingerprint density at radius 2 is 1.81 bits per heavy atom. The number of carbonyl (C=O) groups is 1. The van der Waals surface area contributed by atoms with Gasteiger partial charge in [-0.05, 0) is 29.1 Å². The van der Waals surface area contributed by atoms with Crippen molar-refractivity contribution in [1.82, 2.24) is 5.32 Å². The van der Waals surface area contributed by atoms with Gasteiger partial charge in [0.05, 0.1) is 53.3 Å². The summed E-state index contributed by atoms with van der Waals surface area (Å²) in [5.74, 6) is 1.57. The van der Waals surface area contributed by atoms with Gasteiger partial charge in [-0.2, -0.15) is 0 Å². The highest BCUT2D eigenvalue weighted by molar-refractivity contribution is 7.10. The Hall–Kier alpha value is -2.25. The number of hydrogen-bond donors (Lipinski definition) is 2. The molecule has 0 aliphatic carbocycles. The lowest BCUT2D eigenvalue weighted by atomic mass is 10.1. The Morgan fingerprint density at radius 3 is 2.27 bits per heavy atom. The predicted octanol–water partition coefficient (Wildman–Crippen LogP) is 1.32. The van der Waals surface area contributed by atoms with Crippen LogP contribution in [0, 0.1) is 0 Å². The molecule has 0 bridgehead atoms. The smallest absolute Gasteiger partial charge is 0.224 e. The van der Waals surface area contributed by atoms with E-state index >= 15 is 0 Å². The summed E-state index contributed by atoms with van der Waals surface area (Å²) in [4.78, 5) is 15.0. The summed E-state index contributed by atoms with van der Waals surface area (Å²) in [6.07, 6.45) is 0.247. The zero-order valence-electron chi connectivity index (χ0n) is 15.9. The second-order valence-corrected chi connectivity index (χ2v) is 7.14. The lowest BCUT2D eigenvalue weighted by Crippen LogP contribution is -3.06. The number of benzene rings is 1. The molecule has 0 radical (unpaired) electrons. The summed E-state index contributed by atoms with van der Waals surface area (Å²) in [6.45, 7) is 0.589. The molecule has 1 aromatic heterocycles. The van der Waals surface area contributed by atoms with Gasteiger partial charge in [0, 0.05) is 0 Å². The van der Waals surface area contributed by atoms with Gasteiger partial charge in [-0.1, -0.05) is 6.07 Å². The molecule has 26 heavy (non-hydrogen) atoms. The molecular weight excluding hydrogens is 352 g/mol. The summed E-state index contributed by atoms with van der Waals surface area (Å²) in [5.41, 5.74) is 0.807. The van der Waals surface area contributed by atoms with Crippen molar-refractivity contribution in [3.8, 4) is 17.2 Å². The minimum Gasteiger partial charge on any atom is -0.493 e. The quantitative estimate of drug-likeness (QED) is 0.690. The third kappa shape index (κ3) is 4.89. The van der Waals surface area contributed by atoms with Gasteiger partial charge in [-0.15, -0.1) is 11.3 Å². The van der Waals surface area contributed by atoms with E-state index in [4.69, 9.17) is 14.2 Å². The molecule has 0 spiro atoms. The predicted molar refractivity (Wildman–Crippen MR) is 103 cm³/mol. The Balaban J connectivity index is 2.05. The molecule has 0 fully saturated rings. The molecule has 2 aromatic rings. The molecule has 1 atom stereocenters. The molecular formula is C19H27N2O4S+. The molecule has 142 valence electrons. The summed E-state index contributed by atoms with van der Waals surface area (Å²) >= 11 is 1.71. The van der Waals surface area contributed by atoms with E-state index in [1.807, 2.05) is 6.07 Å². The minimum absolute atomic E-state index is 0.0397. The maximum Gasteiger partial charge on any atom is 0.224 e. The number of nitrogens with one attached hydrogen (secondary N) is 2. The van der Waals surface area contributed by atoms with Crippen LogP contribution in [0.15, 0.2) is 29.6 Å². The van der Waals surface area contributed by atoms with Crippen LogP contribution in [0.4, 0.5) is 0 Å². The number of rotatable bonds is 9. The lowest BCUT2D eigenvalue weighted by molar-refractivity contribution is -0.890. The Morgan fingerprint density at radius 1 is 1.15 bits per heavy atom. The SMILES string of the molecule is COc1cc(CC(=O)NC[C@H](c2cccs2)[NH+](C)C)cc(OC)c1OC. The average molecular weight is 380 g/mol. The first-order chi connectivity index (χ1) is 12.5. The van der Waals surface area contributed by atoms with E-state index in [-0.39, 0.29) is 18.4 Å². The topological polar surface area (TPSA) is 61.2 Å². The van der Waals surface area contributed by atoms with Crippen molar-refractivity contribution in [3.63, 3.8) is 0 Å². The van der Waals surface area contributed by atoms with E-state index in [9.17, 15) is 4.79 Å². The van der Waals surface area contributed by atoms with Crippen LogP contribution in [-0.2, 0) is 11.2 Å². The normalized spacial score (nSPS) is 11.9. The highest BCUT2D eigenvalue weighted by atomic mass is 32.1. The highest BCUT2D eigenvalue weighted by Gasteiger charge is 2.20. The van der Waals surface area contributed by atoms with Crippen molar-refractivity contribution >= 4 is 17.2 Å². The van der Waals surface area contributed by atoms with Gasteiger partial charge in [0.15, 0.2) is 11.5 Å². The van der Waals surface area contributed by atoms with Crippen LogP contribution in [0.2, 0.25) is 0 Å². The van der Waals surface area contributed by atoms with Crippen molar-refractivity contribution in [2.45, 2.75) is 12.5 Å². The number of amides is 1. The van der Waals surface area contributed by atoms with Crippen LogP contribution in [0.3, 0.4) is 0 Å². The Labute approximate surface area is 158 Å². The van der Waals surface area contributed by atoms with E-state index in [0.717, 1.165) is 5.56 Å². The fourth-order valence-electron chi connectivity index (χ4n) is 2.78. The minimum atomic E-state index is -0.0397. The fourth-order valence-corrected chi connectivity index (χ4v) is 3.73. The molecule has 0 saturated heterocycles. The van der Waals surface area contributed by atoms with Crippen LogP contribution >= 0.6 is 11.3 Å². The monoisotopic (exact) mass is 379 g/mol. The number of quaternary nitrogens is 1. The summed E-state index contributed by atoms with van der Waals surface area (Å²) < 4.78 is 16.0. The zero-order chi connectivity index (χ0) is 19.1. The molecule has 1 amide bonds. The number of ether oxygens (including phenoxy) is 3. The number of carbonyl (C=O) groups excluding carboxylic acids is 1. The van der Waals surface area contributed by atoms with Crippen molar-refractivity contribution in [1.29, 1.82) is 0 Å². The van der Waals surface area contributed by atoms with Crippen LogP contribution < -0.4 is 24.4 Å². The van der Waals surface area contributed by atoms with Crippen LogP contribution in [-0.4, -0.2) is 47.9 Å². The van der Waals surface area contributed by atoms with E-state index in [1.165, 1.54) is 9.78 Å². The van der Waals surface area contributed by atoms with Gasteiger partial charge < -0.3 is 24.4 Å². The van der Waals surface area contributed by atoms with Gasteiger partial charge in [0.2, 0.25) is 11.7 Å². The molecule has 7 heteroatoms. The molecule has 0 aliphatic heterocycles. The highest BCUT2D eigenvalue weighted by Crippen LogP contribution is 2.38. The summed E-state index contributed by atoms with van der Waals surface area (Å²) in [5, 5.41) is 5.10. The third-order valence-electron chi connectivity index (χ3n) is 4.18. The number of methoxy groups -OCH3 is 3. The second-order valence-electron chi connectivity index (χ2n) is 6.16. The van der Waals surface area contributed by atoms with Gasteiger partial charge in [-0.25, -0.2) is 0 Å². The van der Waals surface area contributed by atoms with Crippen LogP contribution in [0.25, 0.3) is 0 Å². The number of likely N-dealkylation sites (N-methyl/N-ethyl adjacent to an activating group) is 1. The van der Waals surface area contributed by atoms with Gasteiger partial charge >= 0.3 is 0 Å². The molecule has 0 saturated carbocycles. The van der Waals surface area contributed by atoms with Crippen LogP contribution in [0.1, 0.15) is 16.5 Å². The van der Waals surface area contributed by atoms with Gasteiger partial charge in [0.1, 0.15) is 6.04 Å². The maximum atomic E-state index is 12.4. The largest absolute Gasteiger partial charge is 0.493 e. The lowest BCUT2D eigenvalue weighted by Gasteiger charge is -2.20. The van der Waals surface area contributed by atoms with E-state index in [1.54, 1.807) is 44.8 Å². The molecule has 1 heterocycles. The molecule has 0 unspecified atom stereocenters. The van der Waals surface area contributed by atoms with Crippen molar-refractivity contribution < 1.29 is 23.9 Å². The van der Waals surface area contributed by atoms with Crippen LogP contribution in [0.5, 0.6) is 17.2 Å². The Kier molecular flexibility index (Phi) is 7.29. The van der Waals surface area contributed by atoms with Crippen molar-refractivity contribution in [2.24, 2.45) is 0 Å². The average Bonchev–Trinajstić information content (AvgIpc) is 3.14. The first-order valence-electron chi connectivity index (χ1n) is 8.39. The third-order valence-corrected chi connectivity index (χ3v) is 5.16. The molecule has 2 N–H and O–H groups in total. The molecule has 6 nitrogen and oxygen atoms in total. The van der Waals surface area contributed by atoms with E-state index in [2.05, 4.69) is 30.9 Å². The molecule has 0 aliphatic rings. The van der Waals surface area contributed by atoms with Crippen molar-refractivity contribution in [2.75, 3.05) is 42.0 Å². The zero-order valence-corrected chi connectivity index (χ0v) is 16.7. The van der Waals surface area contributed by atoms with Crippen molar-refractivity contribution in [3.05, 3.63) is 40.1 Å². The molecule has 1 aromatic carbocycles. The number of thiophene rings is 1. The first-order valence-corrected chi connectivity index (χ1v) is 9.27. The first kappa shape index (κ1) is 20.1. The summed E-state index contributed by atoms with van der Waals surface area (Å²) in [6, 6.07) is 7.98. The summed E-state index contributed by atoms with van der Waals surface area (Å²) in [7, 11) is 8.87. The molecule has 2 rings (SSSR count). The van der Waals surface area contributed by atoms with E-state index in [0.29, 0.717) is 23.8 Å². The Bertz CT molecular complexity index is 691. The maximum absolute atomic E-state index is 12.4. The van der Waals surface area contributed by atoms with E-state index < -0.39 is 0 Å². The van der Waals surface area contributed by atoms with Gasteiger partial charge in [0.25, 0.3) is 0 Å². The second kappa shape index (κ2) is 9.45. The fraction of sp³-hybridized carbons (Fsp3) is 0.421. The van der Waals surface area contributed by atoms with Gasteiger partial charge in [-0.3, -0.25) is 4.79 Å². The number of hydrogen-bond acceptors (Lipinski definition) is 5. The standard InChI is InChI=1S/C19H26N2O4S/c1-21(2)14(17-7-6-8-26-17)12-20-18(22)11-13-9-15(23-3)19(25-5)16(10-13)24-4/h6-10,14H,11-12H2,1-5H3,(H,20,22)/p+1/t14-/m1/s1.